The van der Waals surface area contributed by atoms with Crippen molar-refractivity contribution in [3.63, 3.8) is 0 Å². The van der Waals surface area contributed by atoms with Crippen molar-refractivity contribution in [1.82, 2.24) is 14.8 Å². The standard InChI is InChI=1S/C14H14ClN5O5/c1-9-11(25-14(21)24-9)8-19-5-4-18(13(19)17-20(22)23)7-10-2-3-12(15)16-6-10/h2-3,6H,4-5,7-8H2,1H3/b17-13+. The topological polar surface area (TPSA) is 118 Å². The molecule has 0 amide bonds. The number of nitro groups is 1. The predicted octanol–water partition coefficient (Wildman–Crippen LogP) is 1.46. The van der Waals surface area contributed by atoms with Crippen LogP contribution in [0.15, 0.2) is 37.1 Å². The van der Waals surface area contributed by atoms with Crippen molar-refractivity contribution >= 4 is 17.6 Å². The molecule has 11 heteroatoms. The molecule has 1 aliphatic rings. The summed E-state index contributed by atoms with van der Waals surface area (Å²) in [5.41, 5.74) is 0.841. The van der Waals surface area contributed by atoms with E-state index in [4.69, 9.17) is 20.4 Å². The number of hydrogen-bond donors (Lipinski definition) is 0. The number of guanidine groups is 1. The van der Waals surface area contributed by atoms with E-state index < -0.39 is 10.9 Å². The van der Waals surface area contributed by atoms with E-state index in [1.807, 2.05) is 0 Å². The maximum atomic E-state index is 11.2. The third-order valence-electron chi connectivity index (χ3n) is 3.71. The molecule has 1 fully saturated rings. The molecule has 0 radical (unpaired) electrons. The van der Waals surface area contributed by atoms with Crippen molar-refractivity contribution < 1.29 is 13.9 Å². The molecule has 3 rings (SSSR count). The first-order valence-corrected chi connectivity index (χ1v) is 7.73. The number of aryl methyl sites for hydroxylation is 1. The molecule has 10 nitrogen and oxygen atoms in total. The lowest BCUT2D eigenvalue weighted by Gasteiger charge is -2.19. The zero-order valence-corrected chi connectivity index (χ0v) is 14.0. The van der Waals surface area contributed by atoms with E-state index in [2.05, 4.69) is 10.1 Å². The van der Waals surface area contributed by atoms with Crippen molar-refractivity contribution in [1.29, 1.82) is 0 Å². The van der Waals surface area contributed by atoms with Crippen LogP contribution in [0.5, 0.6) is 0 Å². The zero-order valence-electron chi connectivity index (χ0n) is 13.2. The highest BCUT2D eigenvalue weighted by molar-refractivity contribution is 6.29. The molecule has 1 aliphatic heterocycles. The summed E-state index contributed by atoms with van der Waals surface area (Å²) in [5, 5.41) is 14.0. The molecular weight excluding hydrogens is 354 g/mol. The normalized spacial score (nSPS) is 16.0. The number of rotatable bonds is 5. The van der Waals surface area contributed by atoms with Crippen molar-refractivity contribution in [2.24, 2.45) is 5.10 Å². The zero-order chi connectivity index (χ0) is 18.0. The Morgan fingerprint density at radius 1 is 1.32 bits per heavy atom. The Balaban J connectivity index is 1.80. The number of hydrogen-bond acceptors (Lipinski definition) is 6. The summed E-state index contributed by atoms with van der Waals surface area (Å²) in [4.78, 5) is 29.5. The molecule has 2 aromatic rings. The van der Waals surface area contributed by atoms with Crippen LogP contribution in [0.4, 0.5) is 0 Å². The summed E-state index contributed by atoms with van der Waals surface area (Å²) in [6.45, 7) is 3.15. The fourth-order valence-corrected chi connectivity index (χ4v) is 2.66. The van der Waals surface area contributed by atoms with Crippen LogP contribution in [-0.2, 0) is 13.1 Å². The van der Waals surface area contributed by atoms with Gasteiger partial charge in [0, 0.05) is 25.8 Å². The van der Waals surface area contributed by atoms with Crippen molar-refractivity contribution in [3.8, 4) is 0 Å². The molecule has 0 unspecified atom stereocenters. The quantitative estimate of drug-likeness (QED) is 0.442. The van der Waals surface area contributed by atoms with Gasteiger partial charge in [-0.3, -0.25) is 0 Å². The van der Waals surface area contributed by atoms with Gasteiger partial charge in [-0.2, -0.15) is 0 Å². The van der Waals surface area contributed by atoms with Crippen LogP contribution >= 0.6 is 11.6 Å². The SMILES string of the molecule is Cc1oc(=O)oc1CN1CCN(Cc2ccc(Cl)nc2)/C1=N\[N+](=O)[O-]. The summed E-state index contributed by atoms with van der Waals surface area (Å²) in [7, 11) is 0. The Morgan fingerprint density at radius 3 is 2.60 bits per heavy atom. The summed E-state index contributed by atoms with van der Waals surface area (Å²) in [5.74, 6) is 0.0358. The minimum absolute atomic E-state index is 0.152. The van der Waals surface area contributed by atoms with E-state index in [-0.39, 0.29) is 12.5 Å². The van der Waals surface area contributed by atoms with Crippen LogP contribution in [0, 0.1) is 17.0 Å². The summed E-state index contributed by atoms with van der Waals surface area (Å²) < 4.78 is 9.78. The molecule has 0 saturated carbocycles. The van der Waals surface area contributed by atoms with Crippen LogP contribution in [0.3, 0.4) is 0 Å². The molecule has 0 atom stereocenters. The molecule has 25 heavy (non-hydrogen) atoms. The van der Waals surface area contributed by atoms with Crippen LogP contribution in [0.2, 0.25) is 5.15 Å². The second-order valence-electron chi connectivity index (χ2n) is 5.40. The maximum absolute atomic E-state index is 11.2. The van der Waals surface area contributed by atoms with Gasteiger partial charge in [0.25, 0.3) is 5.96 Å². The number of halogens is 1. The Labute approximate surface area is 146 Å². The van der Waals surface area contributed by atoms with E-state index in [0.717, 1.165) is 5.56 Å². The average Bonchev–Trinajstić information content (AvgIpc) is 3.05. The molecule has 2 aromatic heterocycles. The highest BCUT2D eigenvalue weighted by atomic mass is 35.5. The number of pyridine rings is 1. The van der Waals surface area contributed by atoms with Crippen LogP contribution in [0.1, 0.15) is 17.1 Å². The molecule has 0 bridgehead atoms. The monoisotopic (exact) mass is 367 g/mol. The van der Waals surface area contributed by atoms with Gasteiger partial charge in [0.15, 0.2) is 10.8 Å². The van der Waals surface area contributed by atoms with Crippen molar-refractivity contribution in [2.75, 3.05) is 13.1 Å². The lowest BCUT2D eigenvalue weighted by molar-refractivity contribution is -0.486. The highest BCUT2D eigenvalue weighted by Gasteiger charge is 2.31. The van der Waals surface area contributed by atoms with Gasteiger partial charge in [-0.05, 0) is 18.6 Å². The van der Waals surface area contributed by atoms with Crippen molar-refractivity contribution in [2.45, 2.75) is 20.0 Å². The first-order chi connectivity index (χ1) is 11.9. The van der Waals surface area contributed by atoms with Gasteiger partial charge >= 0.3 is 5.82 Å². The Morgan fingerprint density at radius 2 is 2.04 bits per heavy atom. The Bertz CT molecular complexity index is 859. The number of aromatic nitrogens is 1. The number of nitrogens with zero attached hydrogens (tertiary/aromatic N) is 5. The van der Waals surface area contributed by atoms with E-state index >= 15 is 0 Å². The first-order valence-electron chi connectivity index (χ1n) is 7.35. The van der Waals surface area contributed by atoms with Gasteiger partial charge < -0.3 is 18.6 Å². The first kappa shape index (κ1) is 17.0. The van der Waals surface area contributed by atoms with E-state index in [9.17, 15) is 14.9 Å². The van der Waals surface area contributed by atoms with E-state index in [0.29, 0.717) is 36.3 Å². The molecular formula is C14H14ClN5O5. The third kappa shape index (κ3) is 3.97. The van der Waals surface area contributed by atoms with Gasteiger partial charge in [-0.25, -0.2) is 19.9 Å². The second kappa shape index (κ2) is 6.93. The second-order valence-corrected chi connectivity index (χ2v) is 5.79. The maximum Gasteiger partial charge on any atom is 0.519 e. The molecule has 1 saturated heterocycles. The molecule has 0 aliphatic carbocycles. The van der Waals surface area contributed by atoms with Gasteiger partial charge in [0.2, 0.25) is 0 Å². The fourth-order valence-electron chi connectivity index (χ4n) is 2.55. The summed E-state index contributed by atoms with van der Waals surface area (Å²) >= 11 is 5.77. The van der Waals surface area contributed by atoms with E-state index in [1.54, 1.807) is 35.1 Å². The van der Waals surface area contributed by atoms with Gasteiger partial charge in [0.05, 0.1) is 6.54 Å². The number of hydrazone groups is 1. The molecule has 0 N–H and O–H groups in total. The fraction of sp³-hybridized carbons (Fsp3) is 0.357. The molecule has 0 spiro atoms. The average molecular weight is 368 g/mol. The van der Waals surface area contributed by atoms with Gasteiger partial charge in [-0.15, -0.1) is 0 Å². The third-order valence-corrected chi connectivity index (χ3v) is 3.93. The lowest BCUT2D eigenvalue weighted by Crippen LogP contribution is -2.34. The van der Waals surface area contributed by atoms with Crippen LogP contribution < -0.4 is 5.82 Å². The molecule has 3 heterocycles. The minimum Gasteiger partial charge on any atom is -0.396 e. The molecule has 132 valence electrons. The summed E-state index contributed by atoms with van der Waals surface area (Å²) in [6.07, 6.45) is 1.61. The van der Waals surface area contributed by atoms with Crippen molar-refractivity contribution in [3.05, 3.63) is 61.3 Å². The van der Waals surface area contributed by atoms with Crippen LogP contribution in [-0.4, -0.2) is 38.9 Å². The van der Waals surface area contributed by atoms with Gasteiger partial charge in [-0.1, -0.05) is 17.7 Å². The van der Waals surface area contributed by atoms with Gasteiger partial charge in [0.1, 0.15) is 16.0 Å². The highest BCUT2D eigenvalue weighted by Crippen LogP contribution is 2.18. The van der Waals surface area contributed by atoms with E-state index in [1.165, 1.54) is 0 Å². The Kier molecular flexibility index (Phi) is 4.70. The minimum atomic E-state index is -0.802. The largest absolute Gasteiger partial charge is 0.519 e. The van der Waals surface area contributed by atoms with Crippen LogP contribution in [0.25, 0.3) is 0 Å². The smallest absolute Gasteiger partial charge is 0.396 e. The Hall–Kier alpha value is -2.88. The molecule has 0 aromatic carbocycles. The lowest BCUT2D eigenvalue weighted by atomic mass is 10.3. The summed E-state index contributed by atoms with van der Waals surface area (Å²) in [6, 6.07) is 3.44. The predicted molar refractivity (Wildman–Crippen MR) is 86.5 cm³/mol.